The maximum atomic E-state index is 9.60. The molecular weight excluding hydrogens is 204 g/mol. The monoisotopic (exact) mass is 212 g/mol. The van der Waals surface area contributed by atoms with Crippen LogP contribution in [0.3, 0.4) is 0 Å². The summed E-state index contributed by atoms with van der Waals surface area (Å²) in [6, 6.07) is 7.03. The second-order valence-electron chi connectivity index (χ2n) is 3.35. The molecule has 0 bridgehead atoms. The third-order valence-corrected chi connectivity index (χ3v) is 2.35. The van der Waals surface area contributed by atoms with Gasteiger partial charge >= 0.3 is 0 Å². The van der Waals surface area contributed by atoms with Crippen LogP contribution in [-0.2, 0) is 0 Å². The van der Waals surface area contributed by atoms with Crippen molar-refractivity contribution in [3.05, 3.63) is 42.9 Å². The van der Waals surface area contributed by atoms with Crippen LogP contribution < -0.4 is 0 Å². The van der Waals surface area contributed by atoms with E-state index in [9.17, 15) is 5.11 Å². The molecule has 5 heteroatoms. The summed E-state index contributed by atoms with van der Waals surface area (Å²) in [6.45, 7) is 0. The SMILES string of the molecule is Oc1cccn2c(-c3ccncc3)nnc12. The zero-order valence-electron chi connectivity index (χ0n) is 8.28. The predicted octanol–water partition coefficient (Wildman–Crippen LogP) is 1.50. The molecule has 0 radical (unpaired) electrons. The number of aromatic nitrogens is 4. The summed E-state index contributed by atoms with van der Waals surface area (Å²) in [6.07, 6.45) is 5.20. The summed E-state index contributed by atoms with van der Waals surface area (Å²) in [5.41, 5.74) is 1.36. The van der Waals surface area contributed by atoms with Crippen LogP contribution in [0.2, 0.25) is 0 Å². The van der Waals surface area contributed by atoms with Crippen LogP contribution in [0, 0.1) is 0 Å². The van der Waals surface area contributed by atoms with Gasteiger partial charge in [0.15, 0.2) is 11.6 Å². The molecule has 0 saturated heterocycles. The molecule has 1 N–H and O–H groups in total. The Kier molecular flexibility index (Phi) is 1.83. The van der Waals surface area contributed by atoms with Crippen molar-refractivity contribution in [2.24, 2.45) is 0 Å². The summed E-state index contributed by atoms with van der Waals surface area (Å²) in [7, 11) is 0. The van der Waals surface area contributed by atoms with Crippen molar-refractivity contribution in [3.63, 3.8) is 0 Å². The van der Waals surface area contributed by atoms with Crippen LogP contribution in [0.4, 0.5) is 0 Å². The molecule has 0 fully saturated rings. The average Bonchev–Trinajstić information content (AvgIpc) is 2.75. The first kappa shape index (κ1) is 8.84. The molecule has 16 heavy (non-hydrogen) atoms. The molecule has 0 saturated carbocycles. The van der Waals surface area contributed by atoms with E-state index in [1.165, 1.54) is 0 Å². The number of pyridine rings is 2. The van der Waals surface area contributed by atoms with Crippen LogP contribution in [0.5, 0.6) is 5.75 Å². The van der Waals surface area contributed by atoms with Gasteiger partial charge in [0, 0.05) is 24.2 Å². The van der Waals surface area contributed by atoms with Crippen LogP contribution in [0.25, 0.3) is 17.0 Å². The fraction of sp³-hybridized carbons (Fsp3) is 0. The predicted molar refractivity (Wildman–Crippen MR) is 57.9 cm³/mol. The second kappa shape index (κ2) is 3.30. The van der Waals surface area contributed by atoms with Crippen molar-refractivity contribution in [2.45, 2.75) is 0 Å². The summed E-state index contributed by atoms with van der Waals surface area (Å²) < 4.78 is 1.74. The van der Waals surface area contributed by atoms with E-state index < -0.39 is 0 Å². The molecule has 0 atom stereocenters. The quantitative estimate of drug-likeness (QED) is 0.663. The molecular formula is C11H8N4O. The van der Waals surface area contributed by atoms with E-state index in [4.69, 9.17) is 0 Å². The normalized spacial score (nSPS) is 10.8. The Balaban J connectivity index is 2.30. The molecule has 5 nitrogen and oxygen atoms in total. The lowest BCUT2D eigenvalue weighted by Gasteiger charge is -1.99. The lowest BCUT2D eigenvalue weighted by Crippen LogP contribution is -1.88. The van der Waals surface area contributed by atoms with Crippen molar-refractivity contribution < 1.29 is 5.11 Å². The highest BCUT2D eigenvalue weighted by Gasteiger charge is 2.09. The number of aromatic hydroxyl groups is 1. The van der Waals surface area contributed by atoms with Crippen molar-refractivity contribution in [2.75, 3.05) is 0 Å². The number of rotatable bonds is 1. The minimum atomic E-state index is 0.121. The standard InChI is InChI=1S/C11H8N4O/c16-9-2-1-7-15-10(13-14-11(9)15)8-3-5-12-6-4-8/h1-7,16H. The van der Waals surface area contributed by atoms with Crippen LogP contribution in [-0.4, -0.2) is 24.7 Å². The van der Waals surface area contributed by atoms with Gasteiger partial charge in [-0.2, -0.15) is 0 Å². The van der Waals surface area contributed by atoms with Gasteiger partial charge in [-0.1, -0.05) is 0 Å². The molecule has 0 aliphatic carbocycles. The van der Waals surface area contributed by atoms with Gasteiger partial charge in [-0.25, -0.2) is 0 Å². The van der Waals surface area contributed by atoms with Crippen LogP contribution >= 0.6 is 0 Å². The molecule has 3 heterocycles. The number of nitrogens with zero attached hydrogens (tertiary/aromatic N) is 4. The Hall–Kier alpha value is -2.43. The zero-order valence-corrected chi connectivity index (χ0v) is 8.28. The molecule has 0 amide bonds. The first-order chi connectivity index (χ1) is 7.86. The number of fused-ring (bicyclic) bond motifs is 1. The third kappa shape index (κ3) is 1.22. The van der Waals surface area contributed by atoms with E-state index in [2.05, 4.69) is 15.2 Å². The van der Waals surface area contributed by atoms with Gasteiger partial charge in [-0.3, -0.25) is 9.38 Å². The van der Waals surface area contributed by atoms with Gasteiger partial charge in [-0.15, -0.1) is 10.2 Å². The molecule has 0 aliphatic heterocycles. The summed E-state index contributed by atoms with van der Waals surface area (Å²) in [4.78, 5) is 3.95. The molecule has 3 rings (SSSR count). The lowest BCUT2D eigenvalue weighted by molar-refractivity contribution is 0.477. The van der Waals surface area contributed by atoms with E-state index in [-0.39, 0.29) is 5.75 Å². The van der Waals surface area contributed by atoms with E-state index >= 15 is 0 Å². The Labute approximate surface area is 91.0 Å². The average molecular weight is 212 g/mol. The Morgan fingerprint density at radius 2 is 1.88 bits per heavy atom. The second-order valence-corrected chi connectivity index (χ2v) is 3.35. The first-order valence-corrected chi connectivity index (χ1v) is 4.79. The molecule has 0 unspecified atom stereocenters. The minimum Gasteiger partial charge on any atom is -0.504 e. The highest BCUT2D eigenvalue weighted by atomic mass is 16.3. The largest absolute Gasteiger partial charge is 0.504 e. The number of hydrogen-bond acceptors (Lipinski definition) is 4. The molecule has 0 spiro atoms. The van der Waals surface area contributed by atoms with Crippen molar-refractivity contribution in [1.29, 1.82) is 0 Å². The Bertz CT molecular complexity index is 633. The van der Waals surface area contributed by atoms with Crippen LogP contribution in [0.15, 0.2) is 42.9 Å². The van der Waals surface area contributed by atoms with Gasteiger partial charge in [0.05, 0.1) is 0 Å². The van der Waals surface area contributed by atoms with E-state index in [1.54, 1.807) is 28.9 Å². The van der Waals surface area contributed by atoms with Gasteiger partial charge < -0.3 is 5.11 Å². The zero-order chi connectivity index (χ0) is 11.0. The summed E-state index contributed by atoms with van der Waals surface area (Å²) >= 11 is 0. The van der Waals surface area contributed by atoms with Crippen molar-refractivity contribution >= 4 is 5.65 Å². The highest BCUT2D eigenvalue weighted by Crippen LogP contribution is 2.21. The Morgan fingerprint density at radius 1 is 1.06 bits per heavy atom. The molecule has 3 aromatic heterocycles. The first-order valence-electron chi connectivity index (χ1n) is 4.79. The molecule has 0 aliphatic rings. The number of hydrogen-bond donors (Lipinski definition) is 1. The fourth-order valence-corrected chi connectivity index (χ4v) is 1.60. The minimum absolute atomic E-state index is 0.121. The lowest BCUT2D eigenvalue weighted by atomic mass is 10.2. The van der Waals surface area contributed by atoms with E-state index in [1.807, 2.05) is 18.3 Å². The summed E-state index contributed by atoms with van der Waals surface area (Å²) in [5, 5.41) is 17.6. The fourth-order valence-electron chi connectivity index (χ4n) is 1.60. The third-order valence-electron chi connectivity index (χ3n) is 2.35. The summed E-state index contributed by atoms with van der Waals surface area (Å²) in [5.74, 6) is 0.809. The van der Waals surface area contributed by atoms with E-state index in [0.29, 0.717) is 11.5 Å². The topological polar surface area (TPSA) is 63.3 Å². The van der Waals surface area contributed by atoms with Gasteiger partial charge in [0.1, 0.15) is 0 Å². The maximum absolute atomic E-state index is 9.60. The van der Waals surface area contributed by atoms with Crippen LogP contribution in [0.1, 0.15) is 0 Å². The van der Waals surface area contributed by atoms with E-state index in [0.717, 1.165) is 5.56 Å². The molecule has 3 aromatic rings. The van der Waals surface area contributed by atoms with Gasteiger partial charge in [-0.05, 0) is 24.3 Å². The molecule has 78 valence electrons. The highest BCUT2D eigenvalue weighted by molar-refractivity contribution is 5.62. The van der Waals surface area contributed by atoms with Gasteiger partial charge in [0.2, 0.25) is 5.65 Å². The maximum Gasteiger partial charge on any atom is 0.203 e. The Morgan fingerprint density at radius 3 is 2.69 bits per heavy atom. The van der Waals surface area contributed by atoms with Gasteiger partial charge in [0.25, 0.3) is 0 Å². The smallest absolute Gasteiger partial charge is 0.203 e. The van der Waals surface area contributed by atoms with Crippen molar-refractivity contribution in [1.82, 2.24) is 19.6 Å². The molecule has 0 aromatic carbocycles. The van der Waals surface area contributed by atoms with Crippen molar-refractivity contribution in [3.8, 4) is 17.1 Å².